The van der Waals surface area contributed by atoms with Gasteiger partial charge in [0.05, 0.1) is 5.69 Å². The van der Waals surface area contributed by atoms with Crippen molar-refractivity contribution in [2.75, 3.05) is 23.9 Å². The Morgan fingerprint density at radius 3 is 2.72 bits per heavy atom. The Hall–Kier alpha value is -1.11. The highest BCUT2D eigenvalue weighted by molar-refractivity contribution is 7.90. The van der Waals surface area contributed by atoms with Gasteiger partial charge in [0.25, 0.3) is 0 Å². The van der Waals surface area contributed by atoms with Crippen molar-refractivity contribution in [2.45, 2.75) is 13.8 Å². The van der Waals surface area contributed by atoms with Crippen LogP contribution in [0.3, 0.4) is 0 Å². The van der Waals surface area contributed by atoms with Crippen molar-refractivity contribution >= 4 is 15.9 Å². The number of anilines is 1. The summed E-state index contributed by atoms with van der Waals surface area (Å²) in [5.74, 6) is 0.148. The van der Waals surface area contributed by atoms with E-state index in [1.807, 2.05) is 32.0 Å². The number of nitrogens with zero attached hydrogens (tertiary/aromatic N) is 1. The highest BCUT2D eigenvalue weighted by atomic mass is 32.2. The average Bonchev–Trinajstić information content (AvgIpc) is 2.33. The molecule has 18 heavy (non-hydrogen) atoms. The molecule has 0 spiro atoms. The zero-order valence-corrected chi connectivity index (χ0v) is 11.5. The van der Waals surface area contributed by atoms with Crippen molar-refractivity contribution in [3.63, 3.8) is 0 Å². The summed E-state index contributed by atoms with van der Waals surface area (Å²) in [6.07, 6.45) is 0. The Morgan fingerprint density at radius 2 is 2.11 bits per heavy atom. The standard InChI is InChI=1S/C12H19N3O2S/c1-9-3-4-12(5-10(9)2)15-8-11(6-13)7-14-18(15,16)17/h3-5,11,14H,6-8,13H2,1-2H3. The molecule has 100 valence electrons. The predicted molar refractivity (Wildman–Crippen MR) is 72.7 cm³/mol. The second-order valence-corrected chi connectivity index (χ2v) is 6.43. The lowest BCUT2D eigenvalue weighted by Gasteiger charge is -2.33. The minimum Gasteiger partial charge on any atom is -0.330 e. The van der Waals surface area contributed by atoms with Gasteiger partial charge < -0.3 is 5.73 Å². The predicted octanol–water partition coefficient (Wildman–Crippen LogP) is 0.533. The minimum atomic E-state index is -3.42. The topological polar surface area (TPSA) is 75.4 Å². The van der Waals surface area contributed by atoms with Gasteiger partial charge in [-0.05, 0) is 43.7 Å². The molecule has 2 rings (SSSR count). The van der Waals surface area contributed by atoms with Crippen molar-refractivity contribution in [3.05, 3.63) is 29.3 Å². The quantitative estimate of drug-likeness (QED) is 0.822. The van der Waals surface area contributed by atoms with Gasteiger partial charge in [0, 0.05) is 19.0 Å². The van der Waals surface area contributed by atoms with Crippen LogP contribution in [0.15, 0.2) is 18.2 Å². The fourth-order valence-corrected chi connectivity index (χ4v) is 3.38. The molecule has 0 radical (unpaired) electrons. The summed E-state index contributed by atoms with van der Waals surface area (Å²) in [6.45, 7) is 5.31. The molecule has 1 aliphatic rings. The van der Waals surface area contributed by atoms with Gasteiger partial charge in [-0.3, -0.25) is 4.31 Å². The van der Waals surface area contributed by atoms with E-state index in [2.05, 4.69) is 4.72 Å². The maximum absolute atomic E-state index is 12.0. The molecule has 0 saturated carbocycles. The largest absolute Gasteiger partial charge is 0.330 e. The smallest absolute Gasteiger partial charge is 0.301 e. The molecular weight excluding hydrogens is 250 g/mol. The number of aryl methyl sites for hydroxylation is 2. The van der Waals surface area contributed by atoms with Crippen molar-refractivity contribution in [3.8, 4) is 0 Å². The summed E-state index contributed by atoms with van der Waals surface area (Å²) in [5.41, 5.74) is 8.55. The third kappa shape index (κ3) is 2.50. The molecule has 5 nitrogen and oxygen atoms in total. The van der Waals surface area contributed by atoms with Crippen LogP contribution in [-0.2, 0) is 10.2 Å². The molecule has 1 aliphatic heterocycles. The van der Waals surface area contributed by atoms with E-state index in [4.69, 9.17) is 5.73 Å². The second-order valence-electron chi connectivity index (χ2n) is 4.75. The van der Waals surface area contributed by atoms with Gasteiger partial charge in [-0.2, -0.15) is 13.1 Å². The lowest BCUT2D eigenvalue weighted by atomic mass is 10.1. The summed E-state index contributed by atoms with van der Waals surface area (Å²) >= 11 is 0. The number of rotatable bonds is 2. The van der Waals surface area contributed by atoms with Crippen LogP contribution in [-0.4, -0.2) is 28.1 Å². The highest BCUT2D eigenvalue weighted by Gasteiger charge is 2.30. The fourth-order valence-electron chi connectivity index (χ4n) is 1.98. The Kier molecular flexibility index (Phi) is 3.61. The third-order valence-electron chi connectivity index (χ3n) is 3.38. The van der Waals surface area contributed by atoms with E-state index < -0.39 is 10.2 Å². The molecule has 1 aromatic carbocycles. The second kappa shape index (κ2) is 4.87. The van der Waals surface area contributed by atoms with E-state index in [1.165, 1.54) is 4.31 Å². The highest BCUT2D eigenvalue weighted by Crippen LogP contribution is 2.24. The molecule has 0 bridgehead atoms. The Labute approximate surface area is 108 Å². The van der Waals surface area contributed by atoms with Gasteiger partial charge in [-0.1, -0.05) is 6.07 Å². The first-order chi connectivity index (χ1) is 8.44. The number of nitrogens with one attached hydrogen (secondary N) is 1. The van der Waals surface area contributed by atoms with Gasteiger partial charge in [-0.25, -0.2) is 0 Å². The lowest BCUT2D eigenvalue weighted by molar-refractivity contribution is 0.486. The minimum absolute atomic E-state index is 0.148. The average molecular weight is 269 g/mol. The maximum atomic E-state index is 12.0. The van der Waals surface area contributed by atoms with Crippen molar-refractivity contribution in [1.29, 1.82) is 0 Å². The van der Waals surface area contributed by atoms with Gasteiger partial charge in [-0.15, -0.1) is 0 Å². The summed E-state index contributed by atoms with van der Waals surface area (Å²) in [5, 5.41) is 0. The SMILES string of the molecule is Cc1ccc(N2CC(CN)CNS2(=O)=O)cc1C. The van der Waals surface area contributed by atoms with E-state index >= 15 is 0 Å². The van der Waals surface area contributed by atoms with Crippen LogP contribution in [0.1, 0.15) is 11.1 Å². The number of hydrogen-bond acceptors (Lipinski definition) is 3. The van der Waals surface area contributed by atoms with E-state index in [0.717, 1.165) is 11.1 Å². The van der Waals surface area contributed by atoms with Crippen molar-refractivity contribution in [1.82, 2.24) is 4.72 Å². The molecule has 3 N–H and O–H groups in total. The van der Waals surface area contributed by atoms with E-state index in [1.54, 1.807) is 0 Å². The van der Waals surface area contributed by atoms with Gasteiger partial charge in [0.2, 0.25) is 0 Å². The zero-order valence-electron chi connectivity index (χ0n) is 10.7. The Balaban J connectivity index is 2.36. The Morgan fingerprint density at radius 1 is 1.39 bits per heavy atom. The lowest BCUT2D eigenvalue weighted by Crippen LogP contribution is -2.53. The van der Waals surface area contributed by atoms with Crippen molar-refractivity contribution < 1.29 is 8.42 Å². The van der Waals surface area contributed by atoms with Crippen LogP contribution in [0.4, 0.5) is 5.69 Å². The zero-order chi connectivity index (χ0) is 13.3. The molecule has 1 aromatic rings. The fraction of sp³-hybridized carbons (Fsp3) is 0.500. The van der Waals surface area contributed by atoms with Crippen LogP contribution < -0.4 is 14.8 Å². The first-order valence-electron chi connectivity index (χ1n) is 5.98. The molecule has 1 atom stereocenters. The summed E-state index contributed by atoms with van der Waals surface area (Å²) in [4.78, 5) is 0. The number of benzene rings is 1. The van der Waals surface area contributed by atoms with Crippen LogP contribution in [0, 0.1) is 19.8 Å². The summed E-state index contributed by atoms with van der Waals surface area (Å²) < 4.78 is 28.0. The van der Waals surface area contributed by atoms with E-state index in [-0.39, 0.29) is 5.92 Å². The number of hydrogen-bond donors (Lipinski definition) is 2. The molecule has 1 unspecified atom stereocenters. The molecule has 0 aromatic heterocycles. The Bertz CT molecular complexity index is 542. The molecule has 1 heterocycles. The molecule has 6 heteroatoms. The summed E-state index contributed by atoms with van der Waals surface area (Å²) in [6, 6.07) is 5.67. The monoisotopic (exact) mass is 269 g/mol. The first kappa shape index (κ1) is 13.3. The van der Waals surface area contributed by atoms with Gasteiger partial charge in [0.1, 0.15) is 0 Å². The van der Waals surface area contributed by atoms with E-state index in [9.17, 15) is 8.42 Å². The molecule has 0 aliphatic carbocycles. The normalized spacial score (nSPS) is 23.1. The third-order valence-corrected chi connectivity index (χ3v) is 4.85. The van der Waals surface area contributed by atoms with E-state index in [0.29, 0.717) is 25.3 Å². The van der Waals surface area contributed by atoms with Crippen molar-refractivity contribution in [2.24, 2.45) is 11.7 Å². The van der Waals surface area contributed by atoms with Crippen LogP contribution in [0.25, 0.3) is 0 Å². The first-order valence-corrected chi connectivity index (χ1v) is 7.42. The van der Waals surface area contributed by atoms with Gasteiger partial charge in [0.15, 0.2) is 0 Å². The number of nitrogens with two attached hydrogens (primary N) is 1. The van der Waals surface area contributed by atoms with Gasteiger partial charge >= 0.3 is 10.2 Å². The summed E-state index contributed by atoms with van der Waals surface area (Å²) in [7, 11) is -3.42. The molecule has 1 saturated heterocycles. The molecule has 1 fully saturated rings. The molecule has 0 amide bonds. The van der Waals surface area contributed by atoms with Crippen LogP contribution in [0.2, 0.25) is 0 Å². The maximum Gasteiger partial charge on any atom is 0.301 e. The molecular formula is C12H19N3O2S. The van der Waals surface area contributed by atoms with Crippen LogP contribution >= 0.6 is 0 Å². The van der Waals surface area contributed by atoms with Crippen LogP contribution in [0.5, 0.6) is 0 Å².